The lowest BCUT2D eigenvalue weighted by molar-refractivity contribution is -0.385. The second kappa shape index (κ2) is 12.7. The maximum absolute atomic E-state index is 13.1. The molecule has 2 atom stereocenters. The lowest BCUT2D eigenvalue weighted by Crippen LogP contribution is -2.53. The third-order valence-electron chi connectivity index (χ3n) is 5.33. The summed E-state index contributed by atoms with van der Waals surface area (Å²) < 4.78 is 5.22. The molecule has 0 unspecified atom stereocenters. The van der Waals surface area contributed by atoms with Gasteiger partial charge in [-0.25, -0.2) is 9.59 Å². The highest BCUT2D eigenvalue weighted by Crippen LogP contribution is 2.19. The van der Waals surface area contributed by atoms with Crippen molar-refractivity contribution in [3.05, 3.63) is 112 Å². The zero-order valence-electron chi connectivity index (χ0n) is 19.2. The number of ether oxygens (including phenoxy) is 1. The normalized spacial score (nSPS) is 12.1. The lowest BCUT2D eigenvalue weighted by atomic mass is 10.0. The fourth-order valence-electron chi connectivity index (χ4n) is 3.52. The van der Waals surface area contributed by atoms with E-state index in [0.29, 0.717) is 0 Å². The highest BCUT2D eigenvalue weighted by Gasteiger charge is 2.29. The molecule has 0 bridgehead atoms. The molecule has 0 radical (unpaired) electrons. The van der Waals surface area contributed by atoms with Crippen molar-refractivity contribution >= 4 is 23.7 Å². The maximum Gasteiger partial charge on any atom is 0.408 e. The van der Waals surface area contributed by atoms with Crippen LogP contribution in [0.5, 0.6) is 0 Å². The van der Waals surface area contributed by atoms with Gasteiger partial charge in [0.2, 0.25) is 5.91 Å². The summed E-state index contributed by atoms with van der Waals surface area (Å²) in [6, 6.07) is 20.9. The van der Waals surface area contributed by atoms with Gasteiger partial charge in [0.15, 0.2) is 0 Å². The Bertz CT molecular complexity index is 1200. The minimum atomic E-state index is -1.46. The first-order valence-electron chi connectivity index (χ1n) is 11.1. The van der Waals surface area contributed by atoms with E-state index in [2.05, 4.69) is 10.6 Å². The van der Waals surface area contributed by atoms with Crippen LogP contribution in [0.4, 0.5) is 10.5 Å². The molecule has 0 aliphatic heterocycles. The fraction of sp³-hybridized carbons (Fsp3) is 0.192. The number of hydrogen-bond acceptors (Lipinski definition) is 6. The van der Waals surface area contributed by atoms with E-state index in [1.165, 1.54) is 18.2 Å². The van der Waals surface area contributed by atoms with E-state index >= 15 is 0 Å². The number of amides is 2. The first-order chi connectivity index (χ1) is 17.3. The van der Waals surface area contributed by atoms with Gasteiger partial charge < -0.3 is 20.5 Å². The third kappa shape index (κ3) is 7.66. The van der Waals surface area contributed by atoms with E-state index in [1.807, 2.05) is 6.07 Å². The van der Waals surface area contributed by atoms with E-state index in [0.717, 1.165) is 11.1 Å². The summed E-state index contributed by atoms with van der Waals surface area (Å²) >= 11 is 0. The average molecular weight is 492 g/mol. The Balaban J connectivity index is 1.73. The molecule has 3 N–H and O–H groups in total. The van der Waals surface area contributed by atoms with Crippen molar-refractivity contribution in [2.24, 2.45) is 0 Å². The molecule has 0 fully saturated rings. The van der Waals surface area contributed by atoms with Crippen LogP contribution in [-0.2, 0) is 33.8 Å². The molecule has 0 aliphatic carbocycles. The molecule has 3 aromatic carbocycles. The topological polar surface area (TPSA) is 148 Å². The minimum absolute atomic E-state index is 0.0121. The van der Waals surface area contributed by atoms with Crippen LogP contribution >= 0.6 is 0 Å². The van der Waals surface area contributed by atoms with Gasteiger partial charge in [-0.1, -0.05) is 78.9 Å². The molecular formula is C26H25N3O7. The second-order valence-electron chi connectivity index (χ2n) is 7.94. The summed E-state index contributed by atoms with van der Waals surface area (Å²) in [6.45, 7) is -0.0121. The summed E-state index contributed by atoms with van der Waals surface area (Å²) in [6.07, 6.45) is -1.08. The summed E-state index contributed by atoms with van der Waals surface area (Å²) in [4.78, 5) is 48.1. The quantitative estimate of drug-likeness (QED) is 0.275. The first-order valence-corrected chi connectivity index (χ1v) is 11.1. The van der Waals surface area contributed by atoms with Gasteiger partial charge in [0, 0.05) is 24.5 Å². The number of nitro groups is 1. The third-order valence-corrected chi connectivity index (χ3v) is 5.33. The predicted molar refractivity (Wildman–Crippen MR) is 130 cm³/mol. The molecule has 3 rings (SSSR count). The summed E-state index contributed by atoms with van der Waals surface area (Å²) in [5.41, 5.74) is 1.39. The zero-order chi connectivity index (χ0) is 25.9. The number of benzene rings is 3. The molecule has 0 spiro atoms. The largest absolute Gasteiger partial charge is 0.480 e. The molecule has 2 amide bonds. The summed E-state index contributed by atoms with van der Waals surface area (Å²) in [7, 11) is 0. The molecule has 0 heterocycles. The number of para-hydroxylation sites is 1. The number of carboxylic acid groups (broad SMARTS) is 1. The van der Waals surface area contributed by atoms with Crippen LogP contribution in [0, 0.1) is 10.1 Å². The zero-order valence-corrected chi connectivity index (χ0v) is 19.2. The van der Waals surface area contributed by atoms with Crippen molar-refractivity contribution < 1.29 is 29.2 Å². The van der Waals surface area contributed by atoms with Crippen LogP contribution in [0.1, 0.15) is 16.7 Å². The van der Waals surface area contributed by atoms with Gasteiger partial charge >= 0.3 is 12.1 Å². The van der Waals surface area contributed by atoms with Gasteiger partial charge in [-0.2, -0.15) is 0 Å². The van der Waals surface area contributed by atoms with E-state index in [1.54, 1.807) is 60.7 Å². The Hall–Kier alpha value is -4.73. The minimum Gasteiger partial charge on any atom is -0.480 e. The number of aliphatic carboxylic acids is 1. The molecular weight excluding hydrogens is 466 g/mol. The van der Waals surface area contributed by atoms with Crippen molar-refractivity contribution in [3.8, 4) is 0 Å². The van der Waals surface area contributed by atoms with Crippen LogP contribution in [0.2, 0.25) is 0 Å². The number of nitro benzene ring substituents is 1. The highest BCUT2D eigenvalue weighted by molar-refractivity contribution is 5.89. The van der Waals surface area contributed by atoms with Gasteiger partial charge in [-0.15, -0.1) is 0 Å². The molecule has 10 nitrogen and oxygen atoms in total. The van der Waals surface area contributed by atoms with Gasteiger partial charge in [-0.05, 0) is 11.1 Å². The van der Waals surface area contributed by atoms with Crippen LogP contribution in [0.25, 0.3) is 0 Å². The van der Waals surface area contributed by atoms with Gasteiger partial charge in [0.1, 0.15) is 18.7 Å². The van der Waals surface area contributed by atoms with Crippen molar-refractivity contribution in [1.82, 2.24) is 10.6 Å². The number of hydrogen-bond donors (Lipinski definition) is 3. The Morgan fingerprint density at radius 1 is 0.806 bits per heavy atom. The maximum atomic E-state index is 13.1. The molecule has 0 aromatic heterocycles. The van der Waals surface area contributed by atoms with Gasteiger partial charge in [0.05, 0.1) is 4.92 Å². The van der Waals surface area contributed by atoms with Gasteiger partial charge in [-0.3, -0.25) is 14.9 Å². The van der Waals surface area contributed by atoms with E-state index in [9.17, 15) is 29.6 Å². The second-order valence-corrected chi connectivity index (χ2v) is 7.94. The van der Waals surface area contributed by atoms with E-state index in [-0.39, 0.29) is 30.7 Å². The Morgan fingerprint density at radius 3 is 2.00 bits per heavy atom. The number of nitrogens with one attached hydrogen (secondary N) is 2. The SMILES string of the molecule is O=C(N[C@@H](Cc1ccccc1)C(=O)N[C@@H](Cc1ccccc1[N+](=O)[O-])C(=O)O)OCc1ccccc1. The number of nitrogens with zero attached hydrogens (tertiary/aromatic N) is 1. The van der Waals surface area contributed by atoms with E-state index in [4.69, 9.17) is 4.74 Å². The number of carbonyl (C=O) groups excluding carboxylic acids is 2. The highest BCUT2D eigenvalue weighted by atomic mass is 16.6. The molecule has 0 saturated heterocycles. The lowest BCUT2D eigenvalue weighted by Gasteiger charge is -2.21. The van der Waals surface area contributed by atoms with Crippen LogP contribution in [0.15, 0.2) is 84.9 Å². The number of rotatable bonds is 11. The first kappa shape index (κ1) is 25.9. The monoisotopic (exact) mass is 491 g/mol. The molecule has 10 heteroatoms. The van der Waals surface area contributed by atoms with Crippen molar-refractivity contribution in [3.63, 3.8) is 0 Å². The average Bonchev–Trinajstić information content (AvgIpc) is 2.88. The van der Waals surface area contributed by atoms with Crippen molar-refractivity contribution in [1.29, 1.82) is 0 Å². The molecule has 0 aliphatic rings. The number of alkyl carbamates (subject to hydrolysis) is 1. The Kier molecular flexibility index (Phi) is 9.10. The van der Waals surface area contributed by atoms with Crippen LogP contribution in [-0.4, -0.2) is 40.1 Å². The standard InChI is InChI=1S/C26H25N3O7/c30-24(27-22(25(31)32)16-20-13-7-8-14-23(20)29(34)35)21(15-18-9-3-1-4-10-18)28-26(33)36-17-19-11-5-2-6-12-19/h1-14,21-22H,15-17H2,(H,27,30)(H,28,33)(H,31,32)/t21-,22-/m0/s1. The van der Waals surface area contributed by atoms with E-state index < -0.39 is 35.0 Å². The van der Waals surface area contributed by atoms with Gasteiger partial charge in [0.25, 0.3) is 5.69 Å². The molecule has 3 aromatic rings. The molecule has 36 heavy (non-hydrogen) atoms. The summed E-state index contributed by atoms with van der Waals surface area (Å²) in [5, 5.41) is 25.9. The fourth-order valence-corrected chi connectivity index (χ4v) is 3.52. The Morgan fingerprint density at radius 2 is 1.39 bits per heavy atom. The summed E-state index contributed by atoms with van der Waals surface area (Å²) in [5.74, 6) is -2.13. The number of carbonyl (C=O) groups is 3. The smallest absolute Gasteiger partial charge is 0.408 e. The van der Waals surface area contributed by atoms with Crippen molar-refractivity contribution in [2.75, 3.05) is 0 Å². The molecule has 0 saturated carbocycles. The van der Waals surface area contributed by atoms with Crippen LogP contribution in [0.3, 0.4) is 0 Å². The van der Waals surface area contributed by atoms with Crippen molar-refractivity contribution in [2.45, 2.75) is 31.5 Å². The Labute approximate surface area is 207 Å². The number of carboxylic acids is 1. The van der Waals surface area contributed by atoms with Crippen LogP contribution < -0.4 is 10.6 Å². The molecule has 186 valence electrons. The predicted octanol–water partition coefficient (Wildman–Crippen LogP) is 3.24.